The van der Waals surface area contributed by atoms with Crippen molar-refractivity contribution in [3.63, 3.8) is 0 Å². The minimum absolute atomic E-state index is 0.0360. The number of benzene rings is 2. The molecule has 2 aromatic carbocycles. The van der Waals surface area contributed by atoms with E-state index in [1.807, 2.05) is 36.1 Å². The molecule has 5 amide bonds. The highest BCUT2D eigenvalue weighted by Gasteiger charge is 2.45. The third-order valence-corrected chi connectivity index (χ3v) is 12.9. The number of aromatic nitrogens is 1. The lowest BCUT2D eigenvalue weighted by atomic mass is 9.95. The molecule has 1 aromatic heterocycles. The molecule has 0 aliphatic carbocycles. The Morgan fingerprint density at radius 2 is 1.59 bits per heavy atom. The number of piperidine rings is 2. The molecule has 4 saturated heterocycles. The lowest BCUT2D eigenvalue weighted by Gasteiger charge is -2.40. The number of imide groups is 2. The van der Waals surface area contributed by atoms with Gasteiger partial charge in [0.15, 0.2) is 5.69 Å². The lowest BCUT2D eigenvalue weighted by molar-refractivity contribution is -0.136. The number of carbonyl (C=O) groups excluding carboxylic acids is 5. The number of pyridine rings is 1. The highest BCUT2D eigenvalue weighted by Crippen LogP contribution is 2.34. The Balaban J connectivity index is 0.792. The quantitative estimate of drug-likeness (QED) is 0.278. The molecule has 4 atom stereocenters. The third kappa shape index (κ3) is 8.36. The fourth-order valence-corrected chi connectivity index (χ4v) is 9.65. The monoisotopic (exact) mass is 820 g/mol. The maximum Gasteiger partial charge on any atom is 0.262 e. The summed E-state index contributed by atoms with van der Waals surface area (Å²) in [5, 5.41) is 11.6. The predicted molar refractivity (Wildman–Crippen MR) is 220 cm³/mol. The topological polar surface area (TPSA) is 159 Å². The normalized spacial score (nSPS) is 23.3. The smallest absolute Gasteiger partial charge is 0.262 e. The van der Waals surface area contributed by atoms with E-state index in [-0.39, 0.29) is 47.7 Å². The molecule has 308 valence electrons. The molecule has 8 rings (SSSR count). The summed E-state index contributed by atoms with van der Waals surface area (Å²) < 4.78 is 6.08. The summed E-state index contributed by atoms with van der Waals surface area (Å²) in [7, 11) is 0. The maximum absolute atomic E-state index is 13.9. The van der Waals surface area contributed by atoms with Crippen LogP contribution in [0.15, 0.2) is 54.7 Å². The third-order valence-electron chi connectivity index (χ3n) is 12.7. The first-order chi connectivity index (χ1) is 28.5. The number of anilines is 2. The SMILES string of the molecule is CC(CC1CCC(C)N1C(=O)c1ccc(N2CCN(CC3CCN(c4ccc5c(c4)C(=O)N(C4CCC(=O)NC4=O)C5=O)CC3)CC2)cc1)Oc1cnc(C#N)c(Cl)c1. The summed E-state index contributed by atoms with van der Waals surface area (Å²) in [5.74, 6) is -0.873. The van der Waals surface area contributed by atoms with E-state index in [1.54, 1.807) is 18.2 Å². The van der Waals surface area contributed by atoms with Crippen molar-refractivity contribution in [3.05, 3.63) is 82.1 Å². The highest BCUT2D eigenvalue weighted by molar-refractivity contribution is 6.31. The molecule has 0 radical (unpaired) electrons. The van der Waals surface area contributed by atoms with Gasteiger partial charge in [0.1, 0.15) is 17.9 Å². The van der Waals surface area contributed by atoms with Crippen LogP contribution in [0.4, 0.5) is 11.4 Å². The van der Waals surface area contributed by atoms with E-state index in [4.69, 9.17) is 21.6 Å². The molecular formula is C44H49ClN8O6. The van der Waals surface area contributed by atoms with Crippen molar-refractivity contribution in [1.82, 2.24) is 25.0 Å². The van der Waals surface area contributed by atoms with Crippen LogP contribution in [0.25, 0.3) is 0 Å². The predicted octanol–water partition coefficient (Wildman–Crippen LogP) is 4.90. The molecule has 4 unspecified atom stereocenters. The minimum atomic E-state index is -0.972. The molecule has 59 heavy (non-hydrogen) atoms. The van der Waals surface area contributed by atoms with E-state index >= 15 is 0 Å². The summed E-state index contributed by atoms with van der Waals surface area (Å²) in [6.07, 6.45) is 6.11. The van der Waals surface area contributed by atoms with Gasteiger partial charge in [0.25, 0.3) is 17.7 Å². The van der Waals surface area contributed by atoms with Crippen LogP contribution in [-0.4, -0.2) is 119 Å². The van der Waals surface area contributed by atoms with Crippen molar-refractivity contribution in [2.75, 3.05) is 55.6 Å². The fourth-order valence-electron chi connectivity index (χ4n) is 9.45. The van der Waals surface area contributed by atoms with Gasteiger partial charge in [-0.15, -0.1) is 0 Å². The van der Waals surface area contributed by atoms with Crippen LogP contribution < -0.4 is 19.9 Å². The van der Waals surface area contributed by atoms with Crippen LogP contribution in [0.5, 0.6) is 5.75 Å². The van der Waals surface area contributed by atoms with Gasteiger partial charge in [0, 0.05) is 93.7 Å². The highest BCUT2D eigenvalue weighted by atomic mass is 35.5. The zero-order valence-electron chi connectivity index (χ0n) is 33.4. The summed E-state index contributed by atoms with van der Waals surface area (Å²) in [6, 6.07) is 16.2. The summed E-state index contributed by atoms with van der Waals surface area (Å²) in [5.41, 5.74) is 3.47. The minimum Gasteiger partial charge on any atom is -0.489 e. The number of halogens is 1. The van der Waals surface area contributed by atoms with Crippen molar-refractivity contribution in [1.29, 1.82) is 5.26 Å². The number of ether oxygens (including phenoxy) is 1. The molecule has 5 aliphatic rings. The van der Waals surface area contributed by atoms with Crippen molar-refractivity contribution in [2.24, 2.45) is 5.92 Å². The van der Waals surface area contributed by atoms with Gasteiger partial charge in [-0.05, 0) is 94.3 Å². The van der Waals surface area contributed by atoms with Gasteiger partial charge in [-0.2, -0.15) is 5.26 Å². The van der Waals surface area contributed by atoms with E-state index in [1.165, 1.54) is 6.20 Å². The number of likely N-dealkylation sites (tertiary alicyclic amines) is 1. The van der Waals surface area contributed by atoms with Crippen LogP contribution in [0, 0.1) is 17.2 Å². The van der Waals surface area contributed by atoms with Gasteiger partial charge in [-0.25, -0.2) is 4.98 Å². The van der Waals surface area contributed by atoms with Crippen LogP contribution in [0.1, 0.15) is 95.6 Å². The second-order valence-electron chi connectivity index (χ2n) is 16.5. The van der Waals surface area contributed by atoms with E-state index in [2.05, 4.69) is 44.1 Å². The van der Waals surface area contributed by atoms with Crippen molar-refractivity contribution in [3.8, 4) is 11.8 Å². The molecule has 14 nitrogen and oxygen atoms in total. The van der Waals surface area contributed by atoms with Gasteiger partial charge < -0.3 is 19.4 Å². The number of carbonyl (C=O) groups is 5. The number of hydrogen-bond donors (Lipinski definition) is 1. The van der Waals surface area contributed by atoms with E-state index < -0.39 is 29.7 Å². The molecule has 6 heterocycles. The van der Waals surface area contributed by atoms with Crippen LogP contribution in [0.2, 0.25) is 5.02 Å². The average molecular weight is 821 g/mol. The van der Waals surface area contributed by atoms with E-state index in [9.17, 15) is 24.0 Å². The number of nitrogens with zero attached hydrogens (tertiary/aromatic N) is 7. The van der Waals surface area contributed by atoms with Crippen LogP contribution >= 0.6 is 11.6 Å². The van der Waals surface area contributed by atoms with Crippen LogP contribution in [-0.2, 0) is 9.59 Å². The first kappa shape index (κ1) is 40.3. The number of hydrogen-bond acceptors (Lipinski definition) is 11. The Hall–Kier alpha value is -5.52. The summed E-state index contributed by atoms with van der Waals surface area (Å²) in [4.78, 5) is 78.7. The molecule has 4 fully saturated rings. The van der Waals surface area contributed by atoms with Gasteiger partial charge >= 0.3 is 0 Å². The number of nitrogens with one attached hydrogen (secondary N) is 1. The Morgan fingerprint density at radius 3 is 2.29 bits per heavy atom. The molecule has 3 aromatic rings. The second kappa shape index (κ2) is 17.0. The van der Waals surface area contributed by atoms with Crippen molar-refractivity contribution < 1.29 is 28.7 Å². The standard InChI is InChI=1S/C44H49ClN8O6/c1-27-3-6-33(21-28(2)59-34-23-37(45)38(24-46)47-25-34)52(27)42(56)30-4-7-31(8-5-30)51-19-17-49(18-20-51)26-29-13-15-50(16-14-29)32-9-10-35-36(22-32)44(58)53(43(35)57)39-11-12-40(54)48-41(39)55/h4-5,7-10,22-23,25,27-29,33,39H,3,6,11-21,26H2,1-2H3,(H,48,54,55). The first-order valence-corrected chi connectivity index (χ1v) is 21.1. The summed E-state index contributed by atoms with van der Waals surface area (Å²) in [6.45, 7) is 10.6. The Labute approximate surface area is 349 Å². The molecule has 0 bridgehead atoms. The molecule has 0 spiro atoms. The van der Waals surface area contributed by atoms with E-state index in [0.717, 1.165) is 87.8 Å². The van der Waals surface area contributed by atoms with E-state index in [0.29, 0.717) is 34.8 Å². The summed E-state index contributed by atoms with van der Waals surface area (Å²) >= 11 is 6.15. The molecule has 15 heteroatoms. The van der Waals surface area contributed by atoms with Crippen molar-refractivity contribution >= 4 is 52.5 Å². The lowest BCUT2D eigenvalue weighted by Crippen LogP contribution is -2.54. The number of nitriles is 1. The van der Waals surface area contributed by atoms with Gasteiger partial charge in [-0.3, -0.25) is 39.1 Å². The average Bonchev–Trinajstić information content (AvgIpc) is 3.72. The number of amides is 5. The van der Waals surface area contributed by atoms with Gasteiger partial charge in [0.2, 0.25) is 11.8 Å². The Morgan fingerprint density at radius 1 is 0.898 bits per heavy atom. The largest absolute Gasteiger partial charge is 0.489 e. The molecule has 1 N–H and O–H groups in total. The number of piperazine rings is 1. The Bertz CT molecular complexity index is 2180. The van der Waals surface area contributed by atoms with Gasteiger partial charge in [-0.1, -0.05) is 11.6 Å². The zero-order valence-corrected chi connectivity index (χ0v) is 34.2. The maximum atomic E-state index is 13.9. The van der Waals surface area contributed by atoms with Crippen molar-refractivity contribution in [2.45, 2.75) is 83.0 Å². The van der Waals surface area contributed by atoms with Gasteiger partial charge in [0.05, 0.1) is 28.5 Å². The number of rotatable bonds is 10. The second-order valence-corrected chi connectivity index (χ2v) is 16.9. The number of fused-ring (bicyclic) bond motifs is 1. The zero-order chi connectivity index (χ0) is 41.4. The van der Waals surface area contributed by atoms with Crippen LogP contribution in [0.3, 0.4) is 0 Å². The molecule has 5 aliphatic heterocycles. The molecular weight excluding hydrogens is 772 g/mol. The Kier molecular flexibility index (Phi) is 11.6. The fraction of sp³-hybridized carbons (Fsp3) is 0.477. The molecule has 0 saturated carbocycles. The first-order valence-electron chi connectivity index (χ1n) is 20.7.